The molecule has 0 aliphatic heterocycles. The van der Waals surface area contributed by atoms with Crippen molar-refractivity contribution in [2.24, 2.45) is 0 Å². The molecular formula is C20H18N2O6. The number of aliphatic hydroxyl groups is 1. The molecule has 0 unspecified atom stereocenters. The van der Waals surface area contributed by atoms with Crippen molar-refractivity contribution in [3.05, 3.63) is 59.2 Å². The SMILES string of the molecule is CC(C)(O)C#Cc1cccc(NC(=O)Nc2cc(C(=O)O)cc(C(=O)O)c2)c1. The number of carboxylic acid groups (broad SMARTS) is 2. The normalized spacial score (nSPS) is 10.4. The van der Waals surface area contributed by atoms with E-state index in [1.54, 1.807) is 38.1 Å². The van der Waals surface area contributed by atoms with E-state index in [0.717, 1.165) is 18.2 Å². The van der Waals surface area contributed by atoms with Crippen LogP contribution in [0.2, 0.25) is 0 Å². The second-order valence-corrected chi connectivity index (χ2v) is 6.38. The number of rotatable bonds is 4. The zero-order valence-corrected chi connectivity index (χ0v) is 15.1. The van der Waals surface area contributed by atoms with Gasteiger partial charge in [0.05, 0.1) is 11.1 Å². The van der Waals surface area contributed by atoms with Crippen molar-refractivity contribution in [1.29, 1.82) is 0 Å². The second-order valence-electron chi connectivity index (χ2n) is 6.38. The number of carbonyl (C=O) groups excluding carboxylic acids is 1. The van der Waals surface area contributed by atoms with Crippen LogP contribution >= 0.6 is 0 Å². The fourth-order valence-corrected chi connectivity index (χ4v) is 2.14. The van der Waals surface area contributed by atoms with E-state index in [0.29, 0.717) is 11.3 Å². The van der Waals surface area contributed by atoms with Gasteiger partial charge in [-0.1, -0.05) is 17.9 Å². The lowest BCUT2D eigenvalue weighted by Gasteiger charge is -2.10. The van der Waals surface area contributed by atoms with E-state index >= 15 is 0 Å². The maximum atomic E-state index is 12.2. The van der Waals surface area contributed by atoms with Crippen LogP contribution in [-0.4, -0.2) is 38.9 Å². The van der Waals surface area contributed by atoms with Gasteiger partial charge in [-0.05, 0) is 50.2 Å². The highest BCUT2D eigenvalue weighted by atomic mass is 16.4. The molecule has 0 saturated heterocycles. The first-order chi connectivity index (χ1) is 13.0. The van der Waals surface area contributed by atoms with E-state index in [1.165, 1.54) is 0 Å². The largest absolute Gasteiger partial charge is 0.478 e. The Kier molecular flexibility index (Phi) is 6.03. The average molecular weight is 382 g/mol. The van der Waals surface area contributed by atoms with Gasteiger partial charge in [0.1, 0.15) is 5.60 Å². The molecule has 2 aromatic carbocycles. The molecule has 0 atom stereocenters. The van der Waals surface area contributed by atoms with E-state index < -0.39 is 23.6 Å². The summed E-state index contributed by atoms with van der Waals surface area (Å²) in [6, 6.07) is 9.19. The lowest BCUT2D eigenvalue weighted by molar-refractivity contribution is 0.0696. The summed E-state index contributed by atoms with van der Waals surface area (Å²) in [7, 11) is 0. The number of hydrogen-bond donors (Lipinski definition) is 5. The third-order valence-electron chi connectivity index (χ3n) is 3.32. The number of urea groups is 1. The molecule has 2 rings (SSSR count). The van der Waals surface area contributed by atoms with Crippen LogP contribution in [0, 0.1) is 11.8 Å². The molecule has 0 heterocycles. The maximum absolute atomic E-state index is 12.2. The number of benzene rings is 2. The first-order valence-corrected chi connectivity index (χ1v) is 8.09. The fourth-order valence-electron chi connectivity index (χ4n) is 2.14. The van der Waals surface area contributed by atoms with Crippen molar-refractivity contribution in [3.8, 4) is 11.8 Å². The molecule has 2 amide bonds. The third-order valence-corrected chi connectivity index (χ3v) is 3.32. The van der Waals surface area contributed by atoms with Gasteiger partial charge < -0.3 is 26.0 Å². The zero-order valence-electron chi connectivity index (χ0n) is 15.1. The minimum Gasteiger partial charge on any atom is -0.478 e. The minimum absolute atomic E-state index is 0.0211. The van der Waals surface area contributed by atoms with Gasteiger partial charge in [0.15, 0.2) is 0 Å². The van der Waals surface area contributed by atoms with Crippen molar-refractivity contribution in [2.45, 2.75) is 19.4 Å². The summed E-state index contributed by atoms with van der Waals surface area (Å²) in [4.78, 5) is 34.4. The summed E-state index contributed by atoms with van der Waals surface area (Å²) in [5, 5.41) is 32.7. The number of hydrogen-bond acceptors (Lipinski definition) is 4. The van der Waals surface area contributed by atoms with Crippen LogP contribution in [0.4, 0.5) is 16.2 Å². The molecule has 8 heteroatoms. The predicted molar refractivity (Wildman–Crippen MR) is 103 cm³/mol. The van der Waals surface area contributed by atoms with E-state index in [1.807, 2.05) is 0 Å². The molecule has 0 bridgehead atoms. The average Bonchev–Trinajstić information content (AvgIpc) is 2.59. The lowest BCUT2D eigenvalue weighted by Crippen LogP contribution is -2.20. The summed E-state index contributed by atoms with van der Waals surface area (Å²) < 4.78 is 0. The highest BCUT2D eigenvalue weighted by molar-refractivity contribution is 6.02. The number of aromatic carboxylic acids is 2. The molecule has 0 spiro atoms. The molecule has 0 fully saturated rings. The first-order valence-electron chi connectivity index (χ1n) is 8.09. The molecule has 28 heavy (non-hydrogen) atoms. The summed E-state index contributed by atoms with van der Waals surface area (Å²) in [5.41, 5.74) is -0.683. The number of carbonyl (C=O) groups is 3. The lowest BCUT2D eigenvalue weighted by atomic mass is 10.1. The molecule has 0 aliphatic carbocycles. The molecule has 5 N–H and O–H groups in total. The van der Waals surface area contributed by atoms with Gasteiger partial charge in [0, 0.05) is 16.9 Å². The van der Waals surface area contributed by atoms with Crippen LogP contribution in [0.1, 0.15) is 40.1 Å². The van der Waals surface area contributed by atoms with Gasteiger partial charge in [-0.3, -0.25) is 0 Å². The molecule has 0 aromatic heterocycles. The molecular weight excluding hydrogens is 364 g/mol. The van der Waals surface area contributed by atoms with Crippen molar-refractivity contribution in [3.63, 3.8) is 0 Å². The van der Waals surface area contributed by atoms with Gasteiger partial charge >= 0.3 is 18.0 Å². The van der Waals surface area contributed by atoms with E-state index in [2.05, 4.69) is 22.5 Å². The molecule has 0 aliphatic rings. The van der Waals surface area contributed by atoms with Crippen LogP contribution in [0.3, 0.4) is 0 Å². The molecule has 144 valence electrons. The summed E-state index contributed by atoms with van der Waals surface area (Å²) in [6.07, 6.45) is 0. The molecule has 2 aromatic rings. The van der Waals surface area contributed by atoms with Gasteiger partial charge in [-0.25, -0.2) is 14.4 Å². The van der Waals surface area contributed by atoms with E-state index in [4.69, 9.17) is 10.2 Å². The Morgan fingerprint density at radius 2 is 1.46 bits per heavy atom. The molecule has 0 radical (unpaired) electrons. The highest BCUT2D eigenvalue weighted by Gasteiger charge is 2.13. The number of nitrogens with one attached hydrogen (secondary N) is 2. The van der Waals surface area contributed by atoms with E-state index in [-0.39, 0.29) is 16.8 Å². The Bertz CT molecular complexity index is 963. The number of carboxylic acids is 2. The van der Waals surface area contributed by atoms with Crippen LogP contribution in [0.25, 0.3) is 0 Å². The van der Waals surface area contributed by atoms with Crippen LogP contribution in [0.15, 0.2) is 42.5 Å². The standard InChI is InChI=1S/C20H18N2O6/c1-20(2,28)7-6-12-4-3-5-15(8-12)21-19(27)22-16-10-13(17(23)24)9-14(11-16)18(25)26/h3-5,8-11,28H,1-2H3,(H,23,24)(H,25,26)(H2,21,22,27). The van der Waals surface area contributed by atoms with Crippen molar-refractivity contribution in [2.75, 3.05) is 10.6 Å². The van der Waals surface area contributed by atoms with Gasteiger partial charge in [-0.2, -0.15) is 0 Å². The van der Waals surface area contributed by atoms with Gasteiger partial charge in [-0.15, -0.1) is 0 Å². The van der Waals surface area contributed by atoms with E-state index in [9.17, 15) is 19.5 Å². The van der Waals surface area contributed by atoms with Crippen LogP contribution < -0.4 is 10.6 Å². The third kappa shape index (κ3) is 6.16. The fraction of sp³-hybridized carbons (Fsp3) is 0.150. The second kappa shape index (κ2) is 8.24. The van der Waals surface area contributed by atoms with Crippen molar-refractivity contribution >= 4 is 29.3 Å². The Hall–Kier alpha value is -3.83. The summed E-state index contributed by atoms with van der Waals surface area (Å²) in [5.74, 6) is 2.81. The van der Waals surface area contributed by atoms with Crippen molar-refractivity contribution < 1.29 is 29.7 Å². The quantitative estimate of drug-likeness (QED) is 0.516. The Morgan fingerprint density at radius 1 is 0.893 bits per heavy atom. The molecule has 0 saturated carbocycles. The number of anilines is 2. The Labute approximate surface area is 160 Å². The summed E-state index contributed by atoms with van der Waals surface area (Å²) >= 11 is 0. The summed E-state index contributed by atoms with van der Waals surface area (Å²) in [6.45, 7) is 3.10. The zero-order chi connectivity index (χ0) is 20.9. The number of amides is 2. The Morgan fingerprint density at radius 3 is 2.00 bits per heavy atom. The van der Waals surface area contributed by atoms with Crippen molar-refractivity contribution in [1.82, 2.24) is 0 Å². The predicted octanol–water partition coefficient (Wildman–Crippen LogP) is 2.85. The van der Waals surface area contributed by atoms with Crippen LogP contribution in [-0.2, 0) is 0 Å². The topological polar surface area (TPSA) is 136 Å². The first kappa shape index (κ1) is 20.5. The van der Waals surface area contributed by atoms with Gasteiger partial charge in [0.2, 0.25) is 0 Å². The highest BCUT2D eigenvalue weighted by Crippen LogP contribution is 2.17. The maximum Gasteiger partial charge on any atom is 0.335 e. The minimum atomic E-state index is -1.32. The monoisotopic (exact) mass is 382 g/mol. The van der Waals surface area contributed by atoms with Gasteiger partial charge in [0.25, 0.3) is 0 Å². The Balaban J connectivity index is 2.17. The molecule has 8 nitrogen and oxygen atoms in total. The smallest absolute Gasteiger partial charge is 0.335 e. The van der Waals surface area contributed by atoms with Crippen LogP contribution in [0.5, 0.6) is 0 Å².